The zero-order valence-corrected chi connectivity index (χ0v) is 12.4. The van der Waals surface area contributed by atoms with Crippen LogP contribution in [0.2, 0.25) is 0 Å². The quantitative estimate of drug-likeness (QED) is 0.894. The summed E-state index contributed by atoms with van der Waals surface area (Å²) in [6.45, 7) is 0.669. The van der Waals surface area contributed by atoms with Crippen molar-refractivity contribution in [2.75, 3.05) is 18.1 Å². The van der Waals surface area contributed by atoms with Crippen molar-refractivity contribution < 1.29 is 12.8 Å². The van der Waals surface area contributed by atoms with E-state index < -0.39 is 15.7 Å². The molecular weight excluding hydrogens is 279 g/mol. The molecule has 2 rings (SSSR count). The molecule has 3 N–H and O–H groups in total. The van der Waals surface area contributed by atoms with E-state index in [0.717, 1.165) is 38.0 Å². The second-order valence-corrected chi connectivity index (χ2v) is 7.60. The van der Waals surface area contributed by atoms with Gasteiger partial charge in [-0.2, -0.15) is 0 Å². The van der Waals surface area contributed by atoms with E-state index in [0.29, 0.717) is 18.2 Å². The number of nitrogens with two attached hydrogens (primary N) is 1. The number of hydrogen-bond donors (Lipinski definition) is 2. The van der Waals surface area contributed by atoms with Crippen molar-refractivity contribution >= 4 is 15.5 Å². The monoisotopic (exact) mass is 300 g/mol. The van der Waals surface area contributed by atoms with Crippen LogP contribution in [-0.2, 0) is 9.84 Å². The standard InChI is InChI=1S/C14H21FN2O2S/c1-20(18,19)12-5-6-14(13(15)8-12)17-9-10-3-2-4-11(16)7-10/h5-6,8,10-11,17H,2-4,7,9,16H2,1H3. The Morgan fingerprint density at radius 2 is 2.15 bits per heavy atom. The van der Waals surface area contributed by atoms with Crippen LogP contribution in [-0.4, -0.2) is 27.3 Å². The molecule has 1 aromatic rings. The summed E-state index contributed by atoms with van der Waals surface area (Å²) in [4.78, 5) is 0.000221. The van der Waals surface area contributed by atoms with E-state index in [1.165, 1.54) is 12.1 Å². The number of rotatable bonds is 4. The fourth-order valence-electron chi connectivity index (χ4n) is 2.64. The zero-order chi connectivity index (χ0) is 14.8. The van der Waals surface area contributed by atoms with Crippen molar-refractivity contribution in [1.82, 2.24) is 0 Å². The Morgan fingerprint density at radius 1 is 1.40 bits per heavy atom. The lowest BCUT2D eigenvalue weighted by Gasteiger charge is -2.27. The summed E-state index contributed by atoms with van der Waals surface area (Å²) in [6.07, 6.45) is 5.30. The average Bonchev–Trinajstić information content (AvgIpc) is 2.36. The summed E-state index contributed by atoms with van der Waals surface area (Å²) in [5.74, 6) is -0.0826. The first-order valence-electron chi connectivity index (χ1n) is 6.85. The van der Waals surface area contributed by atoms with Gasteiger partial charge < -0.3 is 11.1 Å². The van der Waals surface area contributed by atoms with Gasteiger partial charge >= 0.3 is 0 Å². The molecule has 6 heteroatoms. The highest BCUT2D eigenvalue weighted by Gasteiger charge is 2.19. The van der Waals surface area contributed by atoms with E-state index in [9.17, 15) is 12.8 Å². The summed E-state index contributed by atoms with van der Waals surface area (Å²) in [5, 5.41) is 3.06. The van der Waals surface area contributed by atoms with E-state index in [2.05, 4.69) is 5.32 Å². The lowest BCUT2D eigenvalue weighted by molar-refractivity contribution is 0.334. The third-order valence-corrected chi connectivity index (χ3v) is 4.88. The third-order valence-electron chi connectivity index (χ3n) is 3.77. The normalized spacial score (nSPS) is 23.6. The molecule has 1 aliphatic carbocycles. The van der Waals surface area contributed by atoms with Crippen molar-refractivity contribution in [2.24, 2.45) is 11.7 Å². The molecule has 0 saturated heterocycles. The maximum absolute atomic E-state index is 13.9. The first-order valence-corrected chi connectivity index (χ1v) is 8.74. The predicted molar refractivity (Wildman–Crippen MR) is 77.9 cm³/mol. The van der Waals surface area contributed by atoms with Gasteiger partial charge in [-0.3, -0.25) is 0 Å². The third kappa shape index (κ3) is 3.93. The number of nitrogens with one attached hydrogen (secondary N) is 1. The van der Waals surface area contributed by atoms with Crippen LogP contribution in [0.5, 0.6) is 0 Å². The second kappa shape index (κ2) is 6.10. The molecular formula is C14H21FN2O2S. The van der Waals surface area contributed by atoms with Crippen LogP contribution in [0.3, 0.4) is 0 Å². The lowest BCUT2D eigenvalue weighted by atomic mass is 9.86. The fraction of sp³-hybridized carbons (Fsp3) is 0.571. The van der Waals surface area contributed by atoms with Gasteiger partial charge in [-0.15, -0.1) is 0 Å². The van der Waals surface area contributed by atoms with Crippen LogP contribution < -0.4 is 11.1 Å². The highest BCUT2D eigenvalue weighted by atomic mass is 32.2. The maximum atomic E-state index is 13.9. The van der Waals surface area contributed by atoms with Crippen LogP contribution in [0.1, 0.15) is 25.7 Å². The molecule has 0 aromatic heterocycles. The maximum Gasteiger partial charge on any atom is 0.175 e. The van der Waals surface area contributed by atoms with Gasteiger partial charge in [0.25, 0.3) is 0 Å². The first-order chi connectivity index (χ1) is 9.36. The molecule has 0 amide bonds. The molecule has 0 aliphatic heterocycles. The average molecular weight is 300 g/mol. The van der Waals surface area contributed by atoms with Crippen LogP contribution >= 0.6 is 0 Å². The molecule has 1 aromatic carbocycles. The van der Waals surface area contributed by atoms with Crippen LogP contribution in [0.4, 0.5) is 10.1 Å². The summed E-state index contributed by atoms with van der Waals surface area (Å²) < 4.78 is 36.5. The van der Waals surface area contributed by atoms with Crippen molar-refractivity contribution in [3.05, 3.63) is 24.0 Å². The second-order valence-electron chi connectivity index (χ2n) is 5.59. The molecule has 2 unspecified atom stereocenters. The van der Waals surface area contributed by atoms with Crippen molar-refractivity contribution in [3.8, 4) is 0 Å². The molecule has 0 radical (unpaired) electrons. The Bertz CT molecular complexity index is 575. The predicted octanol–water partition coefficient (Wildman–Crippen LogP) is 2.16. The molecule has 0 bridgehead atoms. The first kappa shape index (κ1) is 15.3. The highest BCUT2D eigenvalue weighted by molar-refractivity contribution is 7.90. The minimum atomic E-state index is -3.37. The SMILES string of the molecule is CS(=O)(=O)c1ccc(NCC2CCCC(N)C2)c(F)c1. The highest BCUT2D eigenvalue weighted by Crippen LogP contribution is 2.25. The van der Waals surface area contributed by atoms with Gasteiger partial charge in [0, 0.05) is 18.8 Å². The topological polar surface area (TPSA) is 72.2 Å². The summed E-state index contributed by atoms with van der Waals surface area (Å²) in [5.41, 5.74) is 6.27. The largest absolute Gasteiger partial charge is 0.382 e. The molecule has 20 heavy (non-hydrogen) atoms. The van der Waals surface area contributed by atoms with Gasteiger partial charge in [0.1, 0.15) is 5.82 Å². The van der Waals surface area contributed by atoms with Crippen LogP contribution in [0.25, 0.3) is 0 Å². The van der Waals surface area contributed by atoms with Gasteiger partial charge in [0.05, 0.1) is 10.6 Å². The smallest absolute Gasteiger partial charge is 0.175 e. The zero-order valence-electron chi connectivity index (χ0n) is 11.6. The van der Waals surface area contributed by atoms with E-state index in [1.54, 1.807) is 0 Å². The van der Waals surface area contributed by atoms with E-state index in [4.69, 9.17) is 5.73 Å². The number of sulfone groups is 1. The molecule has 2 atom stereocenters. The minimum absolute atomic E-state index is 0.000221. The van der Waals surface area contributed by atoms with Gasteiger partial charge in [-0.1, -0.05) is 6.42 Å². The fourth-order valence-corrected chi connectivity index (χ4v) is 3.27. The Kier molecular flexibility index (Phi) is 4.65. The molecule has 0 heterocycles. The van der Waals surface area contributed by atoms with E-state index in [-0.39, 0.29) is 10.9 Å². The molecule has 1 aliphatic rings. The number of benzene rings is 1. The minimum Gasteiger partial charge on any atom is -0.382 e. The summed E-state index contributed by atoms with van der Waals surface area (Å²) >= 11 is 0. The molecule has 4 nitrogen and oxygen atoms in total. The van der Waals surface area contributed by atoms with Crippen LogP contribution in [0.15, 0.2) is 23.1 Å². The van der Waals surface area contributed by atoms with Crippen molar-refractivity contribution in [1.29, 1.82) is 0 Å². The van der Waals surface area contributed by atoms with E-state index >= 15 is 0 Å². The van der Waals surface area contributed by atoms with Gasteiger partial charge in [-0.05, 0) is 43.4 Å². The summed E-state index contributed by atoms with van der Waals surface area (Å²) in [7, 11) is -3.37. The molecule has 1 fully saturated rings. The van der Waals surface area contributed by atoms with Gasteiger partial charge in [0.15, 0.2) is 9.84 Å². The van der Waals surface area contributed by atoms with Crippen molar-refractivity contribution in [3.63, 3.8) is 0 Å². The summed E-state index contributed by atoms with van der Waals surface area (Å²) in [6, 6.07) is 4.21. The number of anilines is 1. The molecule has 1 saturated carbocycles. The van der Waals surface area contributed by atoms with Gasteiger partial charge in [-0.25, -0.2) is 12.8 Å². The number of halogens is 1. The Hall–Kier alpha value is -1.14. The lowest BCUT2D eigenvalue weighted by Crippen LogP contribution is -2.31. The molecule has 0 spiro atoms. The van der Waals surface area contributed by atoms with Crippen molar-refractivity contribution in [2.45, 2.75) is 36.6 Å². The van der Waals surface area contributed by atoms with Crippen LogP contribution in [0, 0.1) is 11.7 Å². The van der Waals surface area contributed by atoms with E-state index in [1.807, 2.05) is 0 Å². The molecule has 112 valence electrons. The Balaban J connectivity index is 2.00. The Labute approximate surface area is 119 Å². The number of hydrogen-bond acceptors (Lipinski definition) is 4. The Morgan fingerprint density at radius 3 is 2.75 bits per heavy atom. The van der Waals surface area contributed by atoms with Gasteiger partial charge in [0.2, 0.25) is 0 Å².